The lowest BCUT2D eigenvalue weighted by molar-refractivity contribution is -0.158. The van der Waals surface area contributed by atoms with Gasteiger partial charge in [-0.05, 0) is 62.7 Å². The second-order valence-electron chi connectivity index (χ2n) is 6.31. The minimum atomic E-state index is -1.02. The highest BCUT2D eigenvalue weighted by Crippen LogP contribution is 2.22. The molecule has 2 aromatic carbocycles. The number of carbonyl (C=O) groups is 1. The molecule has 0 aromatic heterocycles. The normalized spacial score (nSPS) is 11.1. The maximum absolute atomic E-state index is 11.9. The topological polar surface area (TPSA) is 38.8 Å². The molecule has 0 radical (unpaired) electrons. The molecular weight excluding hydrogens is 338 g/mol. The number of esters is 1. The fraction of sp³-hybridized carbons (Fsp3) is 0.350. The van der Waals surface area contributed by atoms with Crippen molar-refractivity contribution < 1.29 is 14.3 Å². The van der Waals surface area contributed by atoms with Gasteiger partial charge < -0.3 is 14.4 Å². The minimum absolute atomic E-state index is 0.335. The summed E-state index contributed by atoms with van der Waals surface area (Å²) in [4.78, 5) is 14.0. The number of halogens is 1. The summed E-state index contributed by atoms with van der Waals surface area (Å²) >= 11 is 5.92. The second kappa shape index (κ2) is 8.26. The van der Waals surface area contributed by atoms with Crippen LogP contribution in [0.25, 0.3) is 0 Å². The fourth-order valence-electron chi connectivity index (χ4n) is 2.36. The largest absolute Gasteiger partial charge is 0.476 e. The third-order valence-electron chi connectivity index (χ3n) is 3.75. The van der Waals surface area contributed by atoms with Gasteiger partial charge in [-0.1, -0.05) is 23.7 Å². The molecule has 0 N–H and O–H groups in total. The van der Waals surface area contributed by atoms with E-state index >= 15 is 0 Å². The summed E-state index contributed by atoms with van der Waals surface area (Å²) in [7, 11) is 2.03. The molecule has 134 valence electrons. The zero-order chi connectivity index (χ0) is 18.4. The Labute approximate surface area is 154 Å². The zero-order valence-electron chi connectivity index (χ0n) is 15.1. The number of benzene rings is 2. The maximum Gasteiger partial charge on any atom is 0.349 e. The first-order chi connectivity index (χ1) is 11.8. The number of nitrogens with zero attached hydrogens (tertiary/aromatic N) is 1. The second-order valence-corrected chi connectivity index (χ2v) is 6.75. The van der Waals surface area contributed by atoms with Crippen LogP contribution < -0.4 is 9.64 Å². The predicted octanol–water partition coefficient (Wildman–Crippen LogP) is 4.70. The Bertz CT molecular complexity index is 696. The van der Waals surface area contributed by atoms with Crippen molar-refractivity contribution in [3.63, 3.8) is 0 Å². The van der Waals surface area contributed by atoms with Gasteiger partial charge in [-0.2, -0.15) is 0 Å². The minimum Gasteiger partial charge on any atom is -0.476 e. The molecule has 0 fully saturated rings. The van der Waals surface area contributed by atoms with Gasteiger partial charge in [0.1, 0.15) is 5.75 Å². The number of hydrogen-bond donors (Lipinski definition) is 0. The molecule has 0 amide bonds. The van der Waals surface area contributed by atoms with Gasteiger partial charge in [0.25, 0.3) is 0 Å². The van der Waals surface area contributed by atoms with Gasteiger partial charge in [-0.25, -0.2) is 4.79 Å². The Kier molecular flexibility index (Phi) is 6.32. The molecule has 0 saturated heterocycles. The molecule has 0 atom stereocenters. The molecule has 5 heteroatoms. The molecule has 2 aromatic rings. The first kappa shape index (κ1) is 19.1. The highest BCUT2D eigenvalue weighted by Gasteiger charge is 2.31. The van der Waals surface area contributed by atoms with Gasteiger partial charge in [0.15, 0.2) is 5.60 Å². The van der Waals surface area contributed by atoms with Crippen LogP contribution in [0.3, 0.4) is 0 Å². The maximum atomic E-state index is 11.9. The smallest absolute Gasteiger partial charge is 0.349 e. The van der Waals surface area contributed by atoms with E-state index < -0.39 is 5.60 Å². The van der Waals surface area contributed by atoms with Crippen LogP contribution in [0.1, 0.15) is 26.3 Å². The molecule has 4 nitrogen and oxygen atoms in total. The Hall–Kier alpha value is -2.20. The lowest BCUT2D eigenvalue weighted by Crippen LogP contribution is -2.39. The van der Waals surface area contributed by atoms with E-state index in [0.717, 1.165) is 22.8 Å². The van der Waals surface area contributed by atoms with Gasteiger partial charge >= 0.3 is 5.97 Å². The summed E-state index contributed by atoms with van der Waals surface area (Å²) in [5.74, 6) is 0.262. The van der Waals surface area contributed by atoms with E-state index in [4.69, 9.17) is 21.1 Å². The summed E-state index contributed by atoms with van der Waals surface area (Å²) in [5.41, 5.74) is 1.21. The number of rotatable bonds is 7. The standard InChI is InChI=1S/C20H24ClNO3/c1-5-24-19(23)20(2,3)25-18-12-6-15(7-13-18)14-22(4)17-10-8-16(21)9-11-17/h6-13H,5,14H2,1-4H3. The van der Waals surface area contributed by atoms with Gasteiger partial charge in [-0.15, -0.1) is 0 Å². The number of ether oxygens (including phenoxy) is 2. The van der Waals surface area contributed by atoms with E-state index in [0.29, 0.717) is 12.4 Å². The van der Waals surface area contributed by atoms with Crippen LogP contribution in [-0.2, 0) is 16.1 Å². The molecule has 0 spiro atoms. The van der Waals surface area contributed by atoms with E-state index in [9.17, 15) is 4.79 Å². The van der Waals surface area contributed by atoms with E-state index in [1.807, 2.05) is 55.6 Å². The van der Waals surface area contributed by atoms with Gasteiger partial charge in [0.2, 0.25) is 0 Å². The van der Waals surface area contributed by atoms with E-state index in [1.165, 1.54) is 0 Å². The van der Waals surface area contributed by atoms with Crippen molar-refractivity contribution in [2.45, 2.75) is 32.9 Å². The van der Waals surface area contributed by atoms with Crippen LogP contribution in [0, 0.1) is 0 Å². The molecule has 25 heavy (non-hydrogen) atoms. The lowest BCUT2D eigenvalue weighted by Gasteiger charge is -2.24. The van der Waals surface area contributed by atoms with Crippen molar-refractivity contribution in [3.05, 3.63) is 59.1 Å². The zero-order valence-corrected chi connectivity index (χ0v) is 15.8. The summed E-state index contributed by atoms with van der Waals surface area (Å²) in [5, 5.41) is 0.725. The monoisotopic (exact) mass is 361 g/mol. The summed E-state index contributed by atoms with van der Waals surface area (Å²) < 4.78 is 10.8. The number of carbonyl (C=O) groups excluding carboxylic acids is 1. The Balaban J connectivity index is 1.99. The van der Waals surface area contributed by atoms with Crippen LogP contribution in [0.2, 0.25) is 5.02 Å². The van der Waals surface area contributed by atoms with Gasteiger partial charge in [0.05, 0.1) is 6.61 Å². The lowest BCUT2D eigenvalue weighted by atomic mass is 10.1. The predicted molar refractivity (Wildman–Crippen MR) is 101 cm³/mol. The summed E-state index contributed by atoms with van der Waals surface area (Å²) in [6.07, 6.45) is 0. The van der Waals surface area contributed by atoms with Crippen molar-refractivity contribution >= 4 is 23.3 Å². The summed E-state index contributed by atoms with van der Waals surface area (Å²) in [6, 6.07) is 15.4. The van der Waals surface area contributed by atoms with Gasteiger partial charge in [-0.3, -0.25) is 0 Å². The molecule has 2 rings (SSSR count). The Morgan fingerprint density at radius 2 is 1.68 bits per heavy atom. The molecule has 0 unspecified atom stereocenters. The van der Waals surface area contributed by atoms with E-state index in [-0.39, 0.29) is 5.97 Å². The highest BCUT2D eigenvalue weighted by molar-refractivity contribution is 6.30. The molecule has 0 heterocycles. The van der Waals surface area contributed by atoms with Crippen LogP contribution in [0.15, 0.2) is 48.5 Å². The number of hydrogen-bond acceptors (Lipinski definition) is 4. The van der Waals surface area contributed by atoms with Crippen LogP contribution in [0.4, 0.5) is 5.69 Å². The van der Waals surface area contributed by atoms with Crippen molar-refractivity contribution in [3.8, 4) is 5.75 Å². The summed E-state index contributed by atoms with van der Waals surface area (Å²) in [6.45, 7) is 6.27. The molecular formula is C20H24ClNO3. The number of anilines is 1. The average Bonchev–Trinajstić information content (AvgIpc) is 2.57. The van der Waals surface area contributed by atoms with E-state index in [2.05, 4.69) is 4.90 Å². The first-order valence-electron chi connectivity index (χ1n) is 8.23. The van der Waals surface area contributed by atoms with Crippen molar-refractivity contribution in [1.82, 2.24) is 0 Å². The van der Waals surface area contributed by atoms with Crippen molar-refractivity contribution in [2.24, 2.45) is 0 Å². The van der Waals surface area contributed by atoms with Crippen LogP contribution in [-0.4, -0.2) is 25.2 Å². The SMILES string of the molecule is CCOC(=O)C(C)(C)Oc1ccc(CN(C)c2ccc(Cl)cc2)cc1. The molecule has 0 aliphatic heterocycles. The quantitative estimate of drug-likeness (QED) is 0.670. The molecule has 0 aliphatic rings. The highest BCUT2D eigenvalue weighted by atomic mass is 35.5. The van der Waals surface area contributed by atoms with Crippen LogP contribution >= 0.6 is 11.6 Å². The van der Waals surface area contributed by atoms with E-state index in [1.54, 1.807) is 20.8 Å². The third-order valence-corrected chi connectivity index (χ3v) is 4.00. The third kappa shape index (κ3) is 5.40. The fourth-order valence-corrected chi connectivity index (χ4v) is 2.49. The Morgan fingerprint density at radius 1 is 1.08 bits per heavy atom. The molecule has 0 saturated carbocycles. The first-order valence-corrected chi connectivity index (χ1v) is 8.61. The van der Waals surface area contributed by atoms with Gasteiger partial charge in [0, 0.05) is 24.3 Å². The van der Waals surface area contributed by atoms with Crippen LogP contribution in [0.5, 0.6) is 5.75 Å². The van der Waals surface area contributed by atoms with Crippen molar-refractivity contribution in [1.29, 1.82) is 0 Å². The Morgan fingerprint density at radius 3 is 2.24 bits per heavy atom. The average molecular weight is 362 g/mol. The molecule has 0 aliphatic carbocycles. The van der Waals surface area contributed by atoms with Crippen molar-refractivity contribution in [2.75, 3.05) is 18.6 Å². The molecule has 0 bridgehead atoms.